The maximum atomic E-state index is 13.3. The van der Waals surface area contributed by atoms with Gasteiger partial charge in [0.1, 0.15) is 19.3 Å². The number of nitrogens with zero attached hydrogens (tertiary/aromatic N) is 4. The smallest absolute Gasteiger partial charge is 0.414 e. The molecule has 2 fully saturated rings. The second kappa shape index (κ2) is 18.0. The van der Waals surface area contributed by atoms with Gasteiger partial charge in [-0.2, -0.15) is 0 Å². The van der Waals surface area contributed by atoms with Gasteiger partial charge in [0.15, 0.2) is 0 Å². The Morgan fingerprint density at radius 1 is 0.796 bits per heavy atom. The van der Waals surface area contributed by atoms with Gasteiger partial charge in [0, 0.05) is 39.8 Å². The van der Waals surface area contributed by atoms with Crippen LogP contribution < -0.4 is 16.0 Å². The number of amides is 7. The van der Waals surface area contributed by atoms with Crippen molar-refractivity contribution in [3.63, 3.8) is 0 Å². The molecule has 7 amide bonds. The van der Waals surface area contributed by atoms with E-state index in [1.54, 1.807) is 55.5 Å². The Balaban J connectivity index is 1.33. The molecule has 2 aliphatic heterocycles. The topological polar surface area (TPSA) is 188 Å². The van der Waals surface area contributed by atoms with Gasteiger partial charge in [0.2, 0.25) is 17.8 Å². The largest absolute Gasteiger partial charge is 0.450 e. The molecule has 0 spiro atoms. The van der Waals surface area contributed by atoms with Gasteiger partial charge in [-0.3, -0.25) is 30.1 Å². The number of aliphatic imine (C=N–C) groups is 1. The van der Waals surface area contributed by atoms with E-state index >= 15 is 0 Å². The van der Waals surface area contributed by atoms with Gasteiger partial charge in [-0.05, 0) is 30.9 Å². The van der Waals surface area contributed by atoms with E-state index in [1.165, 1.54) is 16.8 Å². The second-order valence-corrected chi connectivity index (χ2v) is 11.1. The molecule has 2 aromatic rings. The number of imide groups is 1. The van der Waals surface area contributed by atoms with E-state index in [0.29, 0.717) is 0 Å². The summed E-state index contributed by atoms with van der Waals surface area (Å²) in [4.78, 5) is 84.4. The number of ether oxygens (including phenoxy) is 3. The minimum Gasteiger partial charge on any atom is -0.450 e. The molecule has 1 unspecified atom stereocenters. The second-order valence-electron chi connectivity index (χ2n) is 11.1. The Labute approximate surface area is 283 Å². The third-order valence-electron chi connectivity index (χ3n) is 7.82. The van der Waals surface area contributed by atoms with Crippen LogP contribution in [0.2, 0.25) is 0 Å². The lowest BCUT2D eigenvalue weighted by Gasteiger charge is -2.47. The van der Waals surface area contributed by atoms with Crippen molar-refractivity contribution in [2.24, 2.45) is 10.9 Å². The van der Waals surface area contributed by atoms with Crippen molar-refractivity contribution in [1.82, 2.24) is 30.7 Å². The zero-order valence-electron chi connectivity index (χ0n) is 27.5. The van der Waals surface area contributed by atoms with Crippen LogP contribution in [0.3, 0.4) is 0 Å². The first-order chi connectivity index (χ1) is 23.7. The number of rotatable bonds is 10. The Morgan fingerprint density at radius 2 is 1.33 bits per heavy atom. The van der Waals surface area contributed by atoms with Crippen molar-refractivity contribution in [3.8, 4) is 0 Å². The molecule has 4 rings (SSSR count). The van der Waals surface area contributed by atoms with Crippen LogP contribution in [-0.2, 0) is 37.0 Å². The lowest BCUT2D eigenvalue weighted by atomic mass is 9.83. The maximum absolute atomic E-state index is 13.3. The molecule has 2 aliphatic rings. The van der Waals surface area contributed by atoms with E-state index in [0.717, 1.165) is 16.0 Å². The van der Waals surface area contributed by atoms with Crippen LogP contribution in [0.1, 0.15) is 30.9 Å². The number of β-lactam (4-membered cyclic amide) rings is 1. The molecule has 262 valence electrons. The molecular weight excluding hydrogens is 638 g/mol. The molecule has 16 nitrogen and oxygen atoms in total. The molecule has 16 heteroatoms. The number of piperazine rings is 1. The molecule has 2 aromatic carbocycles. The van der Waals surface area contributed by atoms with Crippen molar-refractivity contribution in [1.29, 1.82) is 0 Å². The van der Waals surface area contributed by atoms with Crippen LogP contribution in [0, 0.1) is 5.92 Å². The molecule has 0 radical (unpaired) electrons. The first-order valence-corrected chi connectivity index (χ1v) is 16.0. The number of urea groups is 1. The van der Waals surface area contributed by atoms with Crippen molar-refractivity contribution in [2.75, 3.05) is 46.4 Å². The first-order valence-electron chi connectivity index (χ1n) is 16.0. The number of nitrogens with one attached hydrogen (secondary N) is 3. The molecular formula is C33H41N7O9. The van der Waals surface area contributed by atoms with Crippen LogP contribution >= 0.6 is 0 Å². The van der Waals surface area contributed by atoms with Crippen LogP contribution in [-0.4, -0.2) is 109 Å². The van der Waals surface area contributed by atoms with Crippen molar-refractivity contribution >= 4 is 42.1 Å². The van der Waals surface area contributed by atoms with Crippen molar-refractivity contribution < 1.29 is 43.0 Å². The van der Waals surface area contributed by atoms with Crippen LogP contribution in [0.5, 0.6) is 0 Å². The highest BCUT2D eigenvalue weighted by molar-refractivity contribution is 6.09. The summed E-state index contributed by atoms with van der Waals surface area (Å²) >= 11 is 0. The standard InChI is InChI=1S/C33H41N7O9/c1-3-47-33(46)39-19-17-38(18-20-39)32(45)40-26(27(41)34-2)25(28(40)42)15-10-16-35-29(36-30(43)48-21-23-11-6-4-7-12-23)37-31(44)49-22-24-13-8-5-9-14-24/h4-9,11-14,25-26H,3,10,15-22H2,1-2H3,(H,34,41)(H2,35,36,37,43,44)/t25-,26?/m1/s1. The number of benzene rings is 2. The van der Waals surface area contributed by atoms with Crippen LogP contribution in [0.4, 0.5) is 19.2 Å². The molecule has 0 saturated carbocycles. The summed E-state index contributed by atoms with van der Waals surface area (Å²) in [5.41, 5.74) is 1.52. The van der Waals surface area contributed by atoms with Gasteiger partial charge < -0.3 is 29.3 Å². The number of likely N-dealkylation sites (tertiary alicyclic amines) is 1. The molecule has 2 saturated heterocycles. The molecule has 0 bridgehead atoms. The van der Waals surface area contributed by atoms with E-state index in [2.05, 4.69) is 20.9 Å². The number of likely N-dealkylation sites (N-methyl/N-ethyl adjacent to an activating group) is 1. The predicted octanol–water partition coefficient (Wildman–Crippen LogP) is 2.44. The highest BCUT2D eigenvalue weighted by Crippen LogP contribution is 2.32. The highest BCUT2D eigenvalue weighted by atomic mass is 16.6. The fourth-order valence-electron chi connectivity index (χ4n) is 5.26. The van der Waals surface area contributed by atoms with Gasteiger partial charge in [0.25, 0.3) is 0 Å². The van der Waals surface area contributed by atoms with E-state index in [1.807, 2.05) is 12.1 Å². The molecule has 0 aromatic heterocycles. The van der Waals surface area contributed by atoms with E-state index in [4.69, 9.17) is 14.2 Å². The van der Waals surface area contributed by atoms with Crippen molar-refractivity contribution in [3.05, 3.63) is 71.8 Å². The zero-order valence-corrected chi connectivity index (χ0v) is 27.5. The van der Waals surface area contributed by atoms with Crippen molar-refractivity contribution in [2.45, 2.75) is 39.0 Å². The summed E-state index contributed by atoms with van der Waals surface area (Å²) in [7, 11) is 1.42. The molecule has 2 heterocycles. The van der Waals surface area contributed by atoms with Gasteiger partial charge in [-0.1, -0.05) is 60.7 Å². The van der Waals surface area contributed by atoms with E-state index in [9.17, 15) is 28.8 Å². The third kappa shape index (κ3) is 10.2. The monoisotopic (exact) mass is 679 g/mol. The minimum atomic E-state index is -1.02. The molecule has 49 heavy (non-hydrogen) atoms. The van der Waals surface area contributed by atoms with Crippen LogP contribution in [0.15, 0.2) is 65.7 Å². The average Bonchev–Trinajstić information content (AvgIpc) is 3.12. The summed E-state index contributed by atoms with van der Waals surface area (Å²) in [6, 6.07) is 16.4. The Kier molecular flexibility index (Phi) is 13.3. The maximum Gasteiger partial charge on any atom is 0.414 e. The highest BCUT2D eigenvalue weighted by Gasteiger charge is 2.54. The summed E-state index contributed by atoms with van der Waals surface area (Å²) < 4.78 is 15.5. The summed E-state index contributed by atoms with van der Waals surface area (Å²) in [5, 5.41) is 7.33. The lowest BCUT2D eigenvalue weighted by Crippen LogP contribution is -2.70. The molecule has 0 aliphatic carbocycles. The predicted molar refractivity (Wildman–Crippen MR) is 175 cm³/mol. The number of hydrogen-bond donors (Lipinski definition) is 3. The number of alkyl carbamates (subject to hydrolysis) is 2. The zero-order chi connectivity index (χ0) is 35.2. The normalized spacial score (nSPS) is 16.9. The fraction of sp³-hybridized carbons (Fsp3) is 0.424. The van der Waals surface area contributed by atoms with E-state index < -0.39 is 48.1 Å². The van der Waals surface area contributed by atoms with Gasteiger partial charge in [0.05, 0.1) is 12.5 Å². The third-order valence-corrected chi connectivity index (χ3v) is 7.82. The Morgan fingerprint density at radius 3 is 1.84 bits per heavy atom. The van der Waals surface area contributed by atoms with E-state index in [-0.39, 0.29) is 71.3 Å². The minimum absolute atomic E-state index is 0.0145. The number of carbonyl (C=O) groups excluding carboxylic acids is 6. The summed E-state index contributed by atoms with van der Waals surface area (Å²) in [6.45, 7) is 2.80. The van der Waals surface area contributed by atoms with Gasteiger partial charge in [-0.15, -0.1) is 0 Å². The SMILES string of the molecule is CCOC(=O)N1CCN(C(=O)N2C(=O)[C@H](CCCN=C(NC(=O)OCc3ccccc3)NC(=O)OCc3ccccc3)C2C(=O)NC)CC1. The lowest BCUT2D eigenvalue weighted by molar-refractivity contribution is -0.158. The Bertz CT molecular complexity index is 1440. The summed E-state index contributed by atoms with van der Waals surface area (Å²) in [5.74, 6) is -1.99. The van der Waals surface area contributed by atoms with Gasteiger partial charge in [-0.25, -0.2) is 19.2 Å². The first kappa shape index (κ1) is 36.2. The Hall–Kier alpha value is -5.67. The quantitative estimate of drug-likeness (QED) is 0.111. The number of guanidine groups is 1. The fourth-order valence-corrected chi connectivity index (χ4v) is 5.26. The number of hydrogen-bond acceptors (Lipinski definition) is 10. The molecule has 2 atom stereocenters. The molecule has 3 N–H and O–H groups in total. The van der Waals surface area contributed by atoms with Crippen LogP contribution in [0.25, 0.3) is 0 Å². The summed E-state index contributed by atoms with van der Waals surface area (Å²) in [6.07, 6.45) is -1.73. The number of carbonyl (C=O) groups is 6. The van der Waals surface area contributed by atoms with Gasteiger partial charge >= 0.3 is 24.3 Å². The average molecular weight is 680 g/mol.